The van der Waals surface area contributed by atoms with E-state index in [4.69, 9.17) is 0 Å². The molecular formula is C15H28N2O2S. The molecule has 1 rings (SSSR count). The van der Waals surface area contributed by atoms with Crippen molar-refractivity contribution in [1.29, 1.82) is 0 Å². The lowest BCUT2D eigenvalue weighted by Crippen LogP contribution is -2.63. The SMILES string of the molecule is CCCC1NC(=O)C(CCC)N(CCCSCC)C1=O. The third-order valence-electron chi connectivity index (χ3n) is 3.61. The van der Waals surface area contributed by atoms with E-state index in [1.807, 2.05) is 23.6 Å². The number of hydrogen-bond donors (Lipinski definition) is 1. The first-order valence-corrected chi connectivity index (χ1v) is 8.99. The Kier molecular flexibility index (Phi) is 8.04. The van der Waals surface area contributed by atoms with Crippen LogP contribution in [0.25, 0.3) is 0 Å². The molecule has 0 saturated carbocycles. The van der Waals surface area contributed by atoms with Crippen LogP contribution in [0.2, 0.25) is 0 Å². The molecule has 1 saturated heterocycles. The van der Waals surface area contributed by atoms with Crippen molar-refractivity contribution in [2.24, 2.45) is 0 Å². The minimum Gasteiger partial charge on any atom is -0.343 e. The first-order chi connectivity index (χ1) is 9.65. The summed E-state index contributed by atoms with van der Waals surface area (Å²) in [6.07, 6.45) is 4.30. The molecule has 1 N–H and O–H groups in total. The molecule has 2 amide bonds. The number of rotatable bonds is 9. The topological polar surface area (TPSA) is 49.4 Å². The van der Waals surface area contributed by atoms with Crippen molar-refractivity contribution in [3.05, 3.63) is 0 Å². The summed E-state index contributed by atoms with van der Waals surface area (Å²) in [6, 6.07) is -0.563. The van der Waals surface area contributed by atoms with Crippen molar-refractivity contribution in [2.75, 3.05) is 18.1 Å². The van der Waals surface area contributed by atoms with Gasteiger partial charge in [-0.2, -0.15) is 11.8 Å². The van der Waals surface area contributed by atoms with E-state index < -0.39 is 0 Å². The Morgan fingerprint density at radius 2 is 1.85 bits per heavy atom. The molecule has 0 bridgehead atoms. The van der Waals surface area contributed by atoms with Crippen LogP contribution in [0, 0.1) is 0 Å². The highest BCUT2D eigenvalue weighted by Crippen LogP contribution is 2.18. The molecule has 1 aliphatic heterocycles. The van der Waals surface area contributed by atoms with E-state index in [0.717, 1.165) is 43.6 Å². The zero-order chi connectivity index (χ0) is 15.0. The van der Waals surface area contributed by atoms with Gasteiger partial charge in [0, 0.05) is 6.54 Å². The van der Waals surface area contributed by atoms with Crippen LogP contribution in [0.5, 0.6) is 0 Å². The lowest BCUT2D eigenvalue weighted by atomic mass is 10.0. The Labute approximate surface area is 127 Å². The third kappa shape index (κ3) is 4.69. The van der Waals surface area contributed by atoms with E-state index in [1.165, 1.54) is 0 Å². The number of thioether (sulfide) groups is 1. The molecule has 1 heterocycles. The van der Waals surface area contributed by atoms with Gasteiger partial charge in [0.25, 0.3) is 0 Å². The molecule has 20 heavy (non-hydrogen) atoms. The molecular weight excluding hydrogens is 272 g/mol. The maximum Gasteiger partial charge on any atom is 0.245 e. The summed E-state index contributed by atoms with van der Waals surface area (Å²) < 4.78 is 0. The molecule has 0 aromatic rings. The van der Waals surface area contributed by atoms with E-state index in [2.05, 4.69) is 19.2 Å². The average molecular weight is 300 g/mol. The first-order valence-electron chi connectivity index (χ1n) is 7.84. The van der Waals surface area contributed by atoms with Crippen molar-refractivity contribution in [2.45, 2.75) is 65.0 Å². The van der Waals surface area contributed by atoms with Crippen LogP contribution in [0.1, 0.15) is 52.9 Å². The van der Waals surface area contributed by atoms with Gasteiger partial charge in [-0.1, -0.05) is 33.6 Å². The summed E-state index contributed by atoms with van der Waals surface area (Å²) in [5.74, 6) is 2.31. The smallest absolute Gasteiger partial charge is 0.245 e. The fourth-order valence-electron chi connectivity index (χ4n) is 2.62. The largest absolute Gasteiger partial charge is 0.343 e. The van der Waals surface area contributed by atoms with Gasteiger partial charge in [-0.3, -0.25) is 9.59 Å². The molecule has 0 aromatic heterocycles. The number of hydrogen-bond acceptors (Lipinski definition) is 3. The molecule has 2 unspecified atom stereocenters. The minimum atomic E-state index is -0.306. The summed E-state index contributed by atoms with van der Waals surface area (Å²) in [5, 5.41) is 2.90. The molecule has 1 fully saturated rings. The maximum absolute atomic E-state index is 12.5. The standard InChI is InChI=1S/C15H28N2O2S/c1-4-8-12-15(19)17(10-7-11-20-6-3)13(9-5-2)14(18)16-12/h12-13H,4-11H2,1-3H3,(H,16,18). The summed E-state index contributed by atoms with van der Waals surface area (Å²) in [7, 11) is 0. The van der Waals surface area contributed by atoms with E-state index in [9.17, 15) is 9.59 Å². The van der Waals surface area contributed by atoms with E-state index >= 15 is 0 Å². The van der Waals surface area contributed by atoms with Crippen molar-refractivity contribution >= 4 is 23.6 Å². The van der Waals surface area contributed by atoms with Crippen molar-refractivity contribution in [3.8, 4) is 0 Å². The molecule has 5 heteroatoms. The molecule has 2 atom stereocenters. The number of carbonyl (C=O) groups excluding carboxylic acids is 2. The summed E-state index contributed by atoms with van der Waals surface area (Å²) in [6.45, 7) is 6.95. The first kappa shape index (κ1) is 17.3. The second-order valence-corrected chi connectivity index (χ2v) is 6.63. The Hall–Kier alpha value is -0.710. The summed E-state index contributed by atoms with van der Waals surface area (Å²) in [5.41, 5.74) is 0. The molecule has 0 radical (unpaired) electrons. The summed E-state index contributed by atoms with van der Waals surface area (Å²) in [4.78, 5) is 26.6. The van der Waals surface area contributed by atoms with Crippen LogP contribution in [0.4, 0.5) is 0 Å². The van der Waals surface area contributed by atoms with Crippen molar-refractivity contribution in [1.82, 2.24) is 10.2 Å². The molecule has 4 nitrogen and oxygen atoms in total. The predicted octanol–water partition coefficient (Wildman–Crippen LogP) is 2.43. The van der Waals surface area contributed by atoms with Gasteiger partial charge in [-0.25, -0.2) is 0 Å². The van der Waals surface area contributed by atoms with E-state index in [-0.39, 0.29) is 23.9 Å². The molecule has 0 aromatic carbocycles. The highest BCUT2D eigenvalue weighted by Gasteiger charge is 2.38. The van der Waals surface area contributed by atoms with Crippen molar-refractivity contribution < 1.29 is 9.59 Å². The summed E-state index contributed by atoms with van der Waals surface area (Å²) >= 11 is 1.89. The van der Waals surface area contributed by atoms with E-state index in [0.29, 0.717) is 6.54 Å². The van der Waals surface area contributed by atoms with Crippen LogP contribution < -0.4 is 5.32 Å². The molecule has 116 valence electrons. The van der Waals surface area contributed by atoms with Gasteiger partial charge in [-0.05, 0) is 30.8 Å². The minimum absolute atomic E-state index is 0.0352. The Balaban J connectivity index is 2.68. The quantitative estimate of drug-likeness (QED) is 0.665. The second kappa shape index (κ2) is 9.27. The van der Waals surface area contributed by atoms with Gasteiger partial charge >= 0.3 is 0 Å². The number of piperazine rings is 1. The Bertz CT molecular complexity index is 323. The highest BCUT2D eigenvalue weighted by atomic mass is 32.2. The second-order valence-electron chi connectivity index (χ2n) is 5.24. The van der Waals surface area contributed by atoms with Gasteiger partial charge in [0.05, 0.1) is 0 Å². The van der Waals surface area contributed by atoms with Crippen molar-refractivity contribution in [3.63, 3.8) is 0 Å². The zero-order valence-electron chi connectivity index (χ0n) is 13.0. The Morgan fingerprint density at radius 3 is 2.45 bits per heavy atom. The number of amides is 2. The number of nitrogens with one attached hydrogen (secondary N) is 1. The zero-order valence-corrected chi connectivity index (χ0v) is 13.8. The van der Waals surface area contributed by atoms with Gasteiger partial charge in [0.15, 0.2) is 0 Å². The molecule has 0 spiro atoms. The van der Waals surface area contributed by atoms with Gasteiger partial charge in [-0.15, -0.1) is 0 Å². The normalized spacial score (nSPS) is 23.1. The number of carbonyl (C=O) groups is 2. The van der Waals surface area contributed by atoms with Crippen LogP contribution in [-0.4, -0.2) is 46.8 Å². The average Bonchev–Trinajstić information content (AvgIpc) is 2.43. The monoisotopic (exact) mass is 300 g/mol. The fourth-order valence-corrected chi connectivity index (χ4v) is 3.24. The molecule has 0 aliphatic carbocycles. The highest BCUT2D eigenvalue weighted by molar-refractivity contribution is 7.99. The van der Waals surface area contributed by atoms with Crippen LogP contribution in [0.3, 0.4) is 0 Å². The van der Waals surface area contributed by atoms with Gasteiger partial charge in [0.1, 0.15) is 12.1 Å². The van der Waals surface area contributed by atoms with Crippen LogP contribution in [0.15, 0.2) is 0 Å². The lowest BCUT2D eigenvalue weighted by Gasteiger charge is -2.39. The van der Waals surface area contributed by atoms with Crippen LogP contribution in [-0.2, 0) is 9.59 Å². The number of nitrogens with zero attached hydrogens (tertiary/aromatic N) is 1. The lowest BCUT2D eigenvalue weighted by molar-refractivity contribution is -0.149. The van der Waals surface area contributed by atoms with E-state index in [1.54, 1.807) is 0 Å². The molecule has 1 aliphatic rings. The van der Waals surface area contributed by atoms with Gasteiger partial charge in [0.2, 0.25) is 11.8 Å². The fraction of sp³-hybridized carbons (Fsp3) is 0.867. The predicted molar refractivity (Wildman–Crippen MR) is 84.9 cm³/mol. The maximum atomic E-state index is 12.5. The third-order valence-corrected chi connectivity index (χ3v) is 4.59. The Morgan fingerprint density at radius 1 is 1.15 bits per heavy atom. The van der Waals surface area contributed by atoms with Gasteiger partial charge < -0.3 is 10.2 Å². The van der Waals surface area contributed by atoms with Crippen LogP contribution >= 0.6 is 11.8 Å².